The standard InChI is InChI=1S/C22H26N4.CH4/c1-15-12-18-21-19-4-3-9-25(19)10-8-20(21)26(22(18)24-13-15)11-7-17-6-5-16(2)23-14-17;/h5-6,12-14,19H,3-4,7-11H2,1-2H3;1H4. The van der Waals surface area contributed by atoms with E-state index in [1.54, 1.807) is 5.56 Å². The minimum Gasteiger partial charge on any atom is -0.329 e. The van der Waals surface area contributed by atoms with Crippen LogP contribution >= 0.6 is 0 Å². The molecule has 0 spiro atoms. The lowest BCUT2D eigenvalue weighted by molar-refractivity contribution is 0.242. The fraction of sp³-hybridized carbons (Fsp3) is 0.478. The zero-order chi connectivity index (χ0) is 17.7. The summed E-state index contributed by atoms with van der Waals surface area (Å²) in [5.41, 5.74) is 7.92. The van der Waals surface area contributed by atoms with Crippen LogP contribution < -0.4 is 0 Å². The number of hydrogen-bond acceptors (Lipinski definition) is 3. The van der Waals surface area contributed by atoms with E-state index < -0.39 is 0 Å². The highest BCUT2D eigenvalue weighted by Crippen LogP contribution is 2.42. The molecule has 4 nitrogen and oxygen atoms in total. The quantitative estimate of drug-likeness (QED) is 0.682. The van der Waals surface area contributed by atoms with Crippen molar-refractivity contribution < 1.29 is 0 Å². The van der Waals surface area contributed by atoms with Crippen molar-refractivity contribution in [1.29, 1.82) is 0 Å². The van der Waals surface area contributed by atoms with Crippen molar-refractivity contribution in [2.24, 2.45) is 0 Å². The summed E-state index contributed by atoms with van der Waals surface area (Å²) in [5.74, 6) is 0. The molecular formula is C23H30N4. The van der Waals surface area contributed by atoms with Crippen LogP contribution in [0.25, 0.3) is 11.0 Å². The van der Waals surface area contributed by atoms with Gasteiger partial charge >= 0.3 is 0 Å². The summed E-state index contributed by atoms with van der Waals surface area (Å²) in [6.07, 6.45) is 8.81. The highest BCUT2D eigenvalue weighted by molar-refractivity contribution is 5.84. The number of nitrogens with zero attached hydrogens (tertiary/aromatic N) is 4. The number of hydrogen-bond donors (Lipinski definition) is 0. The Kier molecular flexibility index (Phi) is 4.77. The van der Waals surface area contributed by atoms with Crippen molar-refractivity contribution in [3.63, 3.8) is 0 Å². The van der Waals surface area contributed by atoms with E-state index >= 15 is 0 Å². The van der Waals surface area contributed by atoms with Crippen LogP contribution in [0.1, 0.15) is 54.4 Å². The summed E-state index contributed by atoms with van der Waals surface area (Å²) in [4.78, 5) is 12.0. The molecule has 0 bridgehead atoms. The Morgan fingerprint density at radius 2 is 2.00 bits per heavy atom. The van der Waals surface area contributed by atoms with Crippen molar-refractivity contribution in [2.75, 3.05) is 13.1 Å². The van der Waals surface area contributed by atoms with Gasteiger partial charge in [-0.15, -0.1) is 0 Å². The first-order chi connectivity index (χ1) is 12.7. The van der Waals surface area contributed by atoms with Crippen molar-refractivity contribution >= 4 is 11.0 Å². The molecule has 0 N–H and O–H groups in total. The van der Waals surface area contributed by atoms with Crippen LogP contribution in [0.3, 0.4) is 0 Å². The third-order valence-electron chi connectivity index (χ3n) is 6.12. The Balaban J connectivity index is 0.00000180. The maximum atomic E-state index is 4.86. The molecule has 0 saturated carbocycles. The molecule has 1 fully saturated rings. The van der Waals surface area contributed by atoms with Crippen molar-refractivity contribution in [1.82, 2.24) is 19.4 Å². The second kappa shape index (κ2) is 7.08. The molecule has 0 radical (unpaired) electrons. The molecule has 1 unspecified atom stereocenters. The molecule has 2 aliphatic rings. The van der Waals surface area contributed by atoms with Crippen LogP contribution in [0.5, 0.6) is 0 Å². The molecule has 0 aromatic carbocycles. The number of rotatable bonds is 3. The maximum Gasteiger partial charge on any atom is 0.140 e. The molecule has 3 aromatic heterocycles. The summed E-state index contributed by atoms with van der Waals surface area (Å²) in [6.45, 7) is 7.63. The van der Waals surface area contributed by atoms with Crippen LogP contribution in [0.15, 0.2) is 30.6 Å². The summed E-state index contributed by atoms with van der Waals surface area (Å²) in [5, 5.41) is 1.39. The van der Waals surface area contributed by atoms with E-state index in [1.807, 2.05) is 19.3 Å². The van der Waals surface area contributed by atoms with E-state index in [-0.39, 0.29) is 7.43 Å². The molecule has 142 valence electrons. The average Bonchev–Trinajstić information content (AvgIpc) is 3.23. The molecule has 5 heterocycles. The van der Waals surface area contributed by atoms with Crippen LogP contribution in [-0.4, -0.2) is 32.5 Å². The summed E-state index contributed by atoms with van der Waals surface area (Å²) < 4.78 is 2.50. The molecule has 5 rings (SSSR count). The number of pyridine rings is 2. The van der Waals surface area contributed by atoms with Gasteiger partial charge in [0.2, 0.25) is 0 Å². The molecule has 3 aromatic rings. The zero-order valence-electron chi connectivity index (χ0n) is 15.7. The van der Waals surface area contributed by atoms with Crippen molar-refractivity contribution in [3.05, 3.63) is 58.7 Å². The predicted octanol–water partition coefficient (Wildman–Crippen LogP) is 4.62. The predicted molar refractivity (Wildman–Crippen MR) is 111 cm³/mol. The first-order valence-corrected chi connectivity index (χ1v) is 9.84. The maximum absolute atomic E-state index is 4.86. The third kappa shape index (κ3) is 3.06. The fourth-order valence-electron chi connectivity index (χ4n) is 4.84. The van der Waals surface area contributed by atoms with Crippen LogP contribution in [0.2, 0.25) is 0 Å². The summed E-state index contributed by atoms with van der Waals surface area (Å²) in [6, 6.07) is 7.27. The summed E-state index contributed by atoms with van der Waals surface area (Å²) >= 11 is 0. The van der Waals surface area contributed by atoms with Crippen molar-refractivity contribution in [2.45, 2.75) is 59.5 Å². The monoisotopic (exact) mass is 362 g/mol. The van der Waals surface area contributed by atoms with E-state index in [9.17, 15) is 0 Å². The van der Waals surface area contributed by atoms with Gasteiger partial charge in [-0.3, -0.25) is 9.88 Å². The molecule has 1 saturated heterocycles. The minimum absolute atomic E-state index is 0. The Labute approximate surface area is 162 Å². The Morgan fingerprint density at radius 1 is 1.11 bits per heavy atom. The Morgan fingerprint density at radius 3 is 2.81 bits per heavy atom. The van der Waals surface area contributed by atoms with E-state index in [0.29, 0.717) is 6.04 Å². The highest BCUT2D eigenvalue weighted by Gasteiger charge is 2.35. The van der Waals surface area contributed by atoms with Gasteiger partial charge < -0.3 is 4.57 Å². The highest BCUT2D eigenvalue weighted by atomic mass is 15.2. The van der Waals surface area contributed by atoms with Crippen LogP contribution in [0.4, 0.5) is 0 Å². The lowest BCUT2D eigenvalue weighted by Crippen LogP contribution is -2.31. The number of fused-ring (bicyclic) bond motifs is 5. The molecule has 0 aliphatic carbocycles. The van der Waals surface area contributed by atoms with Crippen LogP contribution in [0, 0.1) is 13.8 Å². The van der Waals surface area contributed by atoms with E-state index in [1.165, 1.54) is 53.8 Å². The number of aromatic nitrogens is 3. The van der Waals surface area contributed by atoms with Gasteiger partial charge in [0.15, 0.2) is 0 Å². The van der Waals surface area contributed by atoms with E-state index in [2.05, 4.69) is 39.6 Å². The van der Waals surface area contributed by atoms with Gasteiger partial charge in [0.05, 0.1) is 0 Å². The average molecular weight is 363 g/mol. The van der Waals surface area contributed by atoms with E-state index in [0.717, 1.165) is 25.1 Å². The smallest absolute Gasteiger partial charge is 0.140 e. The van der Waals surface area contributed by atoms with Crippen molar-refractivity contribution in [3.8, 4) is 0 Å². The second-order valence-corrected chi connectivity index (χ2v) is 7.90. The molecule has 27 heavy (non-hydrogen) atoms. The summed E-state index contributed by atoms with van der Waals surface area (Å²) in [7, 11) is 0. The van der Waals surface area contributed by atoms with E-state index in [4.69, 9.17) is 4.98 Å². The molecule has 0 amide bonds. The normalized spacial score (nSPS) is 19.0. The SMILES string of the molecule is C.Cc1cnc2c(c1)c1c(n2CCc2ccc(C)nc2)CCN2CCCC12. The number of aryl methyl sites for hydroxylation is 4. The topological polar surface area (TPSA) is 34.0 Å². The Hall–Kier alpha value is -2.20. The molecule has 4 heteroatoms. The van der Waals surface area contributed by atoms with Gasteiger partial charge in [-0.1, -0.05) is 13.5 Å². The Bertz CT molecular complexity index is 955. The first kappa shape index (κ1) is 18.2. The fourth-order valence-corrected chi connectivity index (χ4v) is 4.84. The van der Waals surface area contributed by atoms with Gasteiger partial charge in [0.25, 0.3) is 0 Å². The van der Waals surface area contributed by atoms with Gasteiger partial charge in [0.1, 0.15) is 5.65 Å². The third-order valence-corrected chi connectivity index (χ3v) is 6.12. The lowest BCUT2D eigenvalue weighted by atomic mass is 9.96. The van der Waals surface area contributed by atoms with Gasteiger partial charge in [0, 0.05) is 54.7 Å². The lowest BCUT2D eigenvalue weighted by Gasteiger charge is -2.31. The molecule has 2 aliphatic heterocycles. The van der Waals surface area contributed by atoms with Gasteiger partial charge in [-0.05, 0) is 68.5 Å². The molecule has 1 atom stereocenters. The van der Waals surface area contributed by atoms with Crippen LogP contribution in [-0.2, 0) is 19.4 Å². The largest absolute Gasteiger partial charge is 0.329 e. The molecular weight excluding hydrogens is 332 g/mol. The zero-order valence-corrected chi connectivity index (χ0v) is 15.7. The van der Waals surface area contributed by atoms with Gasteiger partial charge in [-0.25, -0.2) is 4.98 Å². The minimum atomic E-state index is 0. The first-order valence-electron chi connectivity index (χ1n) is 9.84. The van der Waals surface area contributed by atoms with Gasteiger partial charge in [-0.2, -0.15) is 0 Å². The second-order valence-electron chi connectivity index (χ2n) is 7.90.